The van der Waals surface area contributed by atoms with Crippen LogP contribution in [0.4, 0.5) is 13.2 Å². The number of Topliss-reactive ketones (excluding diaryl/α,β-unsaturated/α-hetero) is 1. The van der Waals surface area contributed by atoms with E-state index >= 15 is 0 Å². The maximum atomic E-state index is 12.4. The molecule has 1 rings (SSSR count). The van der Waals surface area contributed by atoms with Crippen LogP contribution in [0.3, 0.4) is 0 Å². The van der Waals surface area contributed by atoms with E-state index in [1.807, 2.05) is 0 Å². The summed E-state index contributed by atoms with van der Waals surface area (Å²) in [6.07, 6.45) is -3.54. The average molecular weight is 233 g/mol. The van der Waals surface area contributed by atoms with Crippen molar-refractivity contribution in [1.29, 1.82) is 0 Å². The van der Waals surface area contributed by atoms with Crippen molar-refractivity contribution < 1.29 is 22.7 Å². The van der Waals surface area contributed by atoms with Crippen LogP contribution in [0.1, 0.15) is 29.4 Å². The van der Waals surface area contributed by atoms with Gasteiger partial charge in [0, 0.05) is 6.42 Å². The van der Waals surface area contributed by atoms with Crippen molar-refractivity contribution in [2.75, 3.05) is 7.11 Å². The SMILES string of the molecule is CCC(=O)c1cc(C(F)(F)F)ncc1OC. The van der Waals surface area contributed by atoms with Gasteiger partial charge >= 0.3 is 6.18 Å². The van der Waals surface area contributed by atoms with E-state index in [2.05, 4.69) is 4.98 Å². The molecule has 0 saturated heterocycles. The van der Waals surface area contributed by atoms with Crippen molar-refractivity contribution in [3.05, 3.63) is 23.5 Å². The van der Waals surface area contributed by atoms with Crippen molar-refractivity contribution in [2.45, 2.75) is 19.5 Å². The van der Waals surface area contributed by atoms with Crippen LogP contribution >= 0.6 is 0 Å². The van der Waals surface area contributed by atoms with Crippen LogP contribution in [-0.4, -0.2) is 17.9 Å². The van der Waals surface area contributed by atoms with Crippen molar-refractivity contribution in [1.82, 2.24) is 4.98 Å². The monoisotopic (exact) mass is 233 g/mol. The molecule has 0 aliphatic heterocycles. The van der Waals surface area contributed by atoms with Crippen LogP contribution in [0, 0.1) is 0 Å². The Morgan fingerprint density at radius 3 is 2.56 bits per heavy atom. The summed E-state index contributed by atoms with van der Waals surface area (Å²) in [4.78, 5) is 14.6. The number of pyridine rings is 1. The Hall–Kier alpha value is -1.59. The van der Waals surface area contributed by atoms with E-state index in [1.54, 1.807) is 6.92 Å². The number of aromatic nitrogens is 1. The zero-order chi connectivity index (χ0) is 12.3. The molecule has 0 spiro atoms. The van der Waals surface area contributed by atoms with Gasteiger partial charge in [-0.1, -0.05) is 6.92 Å². The van der Waals surface area contributed by atoms with Gasteiger partial charge in [0.05, 0.1) is 18.9 Å². The minimum absolute atomic E-state index is 0.0554. The topological polar surface area (TPSA) is 39.2 Å². The van der Waals surface area contributed by atoms with Gasteiger partial charge in [0.2, 0.25) is 0 Å². The molecule has 0 fully saturated rings. The molecule has 1 heterocycles. The number of halogens is 3. The van der Waals surface area contributed by atoms with Gasteiger partial charge in [-0.3, -0.25) is 4.79 Å². The van der Waals surface area contributed by atoms with Crippen molar-refractivity contribution >= 4 is 5.78 Å². The van der Waals surface area contributed by atoms with Gasteiger partial charge in [-0.05, 0) is 6.07 Å². The molecular weight excluding hydrogens is 223 g/mol. The Kier molecular flexibility index (Phi) is 3.51. The molecule has 0 unspecified atom stereocenters. The third-order valence-corrected chi connectivity index (χ3v) is 2.00. The van der Waals surface area contributed by atoms with Crippen LogP contribution in [0.2, 0.25) is 0 Å². The molecule has 16 heavy (non-hydrogen) atoms. The summed E-state index contributed by atoms with van der Waals surface area (Å²) in [6, 6.07) is 0.713. The number of alkyl halides is 3. The Morgan fingerprint density at radius 2 is 2.12 bits per heavy atom. The number of ketones is 1. The van der Waals surface area contributed by atoms with E-state index in [-0.39, 0.29) is 17.7 Å². The lowest BCUT2D eigenvalue weighted by molar-refractivity contribution is -0.141. The van der Waals surface area contributed by atoms with Crippen LogP contribution in [0.25, 0.3) is 0 Å². The van der Waals surface area contributed by atoms with Crippen LogP contribution in [-0.2, 0) is 6.18 Å². The Balaban J connectivity index is 3.27. The van der Waals surface area contributed by atoms with Crippen LogP contribution < -0.4 is 4.74 Å². The van der Waals surface area contributed by atoms with Gasteiger partial charge in [0.25, 0.3) is 0 Å². The minimum atomic E-state index is -4.56. The molecule has 0 amide bonds. The van der Waals surface area contributed by atoms with Gasteiger partial charge in [0.15, 0.2) is 5.78 Å². The molecule has 0 aliphatic carbocycles. The van der Waals surface area contributed by atoms with Gasteiger partial charge in [-0.15, -0.1) is 0 Å². The number of rotatable bonds is 3. The number of nitrogens with zero attached hydrogens (tertiary/aromatic N) is 1. The summed E-state index contributed by atoms with van der Waals surface area (Å²) in [5, 5.41) is 0. The second kappa shape index (κ2) is 4.51. The molecule has 1 aromatic heterocycles. The van der Waals surface area contributed by atoms with Gasteiger partial charge in [0.1, 0.15) is 11.4 Å². The highest BCUT2D eigenvalue weighted by Gasteiger charge is 2.33. The number of hydrogen-bond donors (Lipinski definition) is 0. The number of carbonyl (C=O) groups is 1. The molecule has 0 bridgehead atoms. The largest absolute Gasteiger partial charge is 0.494 e. The highest BCUT2D eigenvalue weighted by Crippen LogP contribution is 2.30. The number of ether oxygens (including phenoxy) is 1. The predicted molar refractivity (Wildman–Crippen MR) is 50.4 cm³/mol. The fourth-order valence-electron chi connectivity index (χ4n) is 1.17. The third kappa shape index (κ3) is 2.50. The molecule has 0 atom stereocenters. The summed E-state index contributed by atoms with van der Waals surface area (Å²) in [5.74, 6) is -0.357. The first-order valence-electron chi connectivity index (χ1n) is 4.54. The average Bonchev–Trinajstić information content (AvgIpc) is 2.25. The van der Waals surface area contributed by atoms with E-state index in [0.717, 1.165) is 6.20 Å². The Bertz CT molecular complexity index is 402. The maximum absolute atomic E-state index is 12.4. The third-order valence-electron chi connectivity index (χ3n) is 2.00. The molecule has 88 valence electrons. The van der Waals surface area contributed by atoms with Gasteiger partial charge < -0.3 is 4.74 Å². The summed E-state index contributed by atoms with van der Waals surface area (Å²) in [5.41, 5.74) is -1.18. The molecular formula is C10H10F3NO2. The summed E-state index contributed by atoms with van der Waals surface area (Å²) < 4.78 is 41.9. The fourth-order valence-corrected chi connectivity index (χ4v) is 1.17. The smallest absolute Gasteiger partial charge is 0.433 e. The van der Waals surface area contributed by atoms with Crippen LogP contribution in [0.15, 0.2) is 12.3 Å². The number of carbonyl (C=O) groups excluding carboxylic acids is 1. The first-order chi connectivity index (χ1) is 7.40. The van der Waals surface area contributed by atoms with Gasteiger partial charge in [-0.2, -0.15) is 13.2 Å². The normalized spacial score (nSPS) is 11.3. The van der Waals surface area contributed by atoms with Crippen molar-refractivity contribution in [3.63, 3.8) is 0 Å². The van der Waals surface area contributed by atoms with Crippen molar-refractivity contribution in [2.24, 2.45) is 0 Å². The standard InChI is InChI=1S/C10H10F3NO2/c1-3-7(15)6-4-9(10(11,12)13)14-5-8(6)16-2/h4-5H,3H2,1-2H3. The quantitative estimate of drug-likeness (QED) is 0.753. The zero-order valence-corrected chi connectivity index (χ0v) is 8.76. The fraction of sp³-hybridized carbons (Fsp3) is 0.400. The highest BCUT2D eigenvalue weighted by molar-refractivity contribution is 5.98. The first kappa shape index (κ1) is 12.5. The molecule has 0 aromatic carbocycles. The van der Waals surface area contributed by atoms with Crippen LogP contribution in [0.5, 0.6) is 5.75 Å². The molecule has 0 N–H and O–H groups in total. The summed E-state index contributed by atoms with van der Waals surface area (Å²) in [6.45, 7) is 1.56. The lowest BCUT2D eigenvalue weighted by Crippen LogP contribution is -2.11. The lowest BCUT2D eigenvalue weighted by atomic mass is 10.1. The maximum Gasteiger partial charge on any atom is 0.433 e. The molecule has 0 aliphatic rings. The molecule has 0 saturated carbocycles. The summed E-state index contributed by atoms with van der Waals surface area (Å²) in [7, 11) is 1.27. The van der Waals surface area contributed by atoms with E-state index in [0.29, 0.717) is 6.07 Å². The van der Waals surface area contributed by atoms with Crippen molar-refractivity contribution in [3.8, 4) is 5.75 Å². The van der Waals surface area contributed by atoms with E-state index in [4.69, 9.17) is 4.74 Å². The molecule has 3 nitrogen and oxygen atoms in total. The number of hydrogen-bond acceptors (Lipinski definition) is 3. The van der Waals surface area contributed by atoms with E-state index in [1.165, 1.54) is 7.11 Å². The Morgan fingerprint density at radius 1 is 1.50 bits per heavy atom. The first-order valence-corrected chi connectivity index (χ1v) is 4.54. The molecule has 6 heteroatoms. The summed E-state index contributed by atoms with van der Waals surface area (Å²) >= 11 is 0. The molecule has 0 radical (unpaired) electrons. The predicted octanol–water partition coefficient (Wildman–Crippen LogP) is 2.70. The zero-order valence-electron chi connectivity index (χ0n) is 8.76. The van der Waals surface area contributed by atoms with Gasteiger partial charge in [-0.25, -0.2) is 4.98 Å². The van der Waals surface area contributed by atoms with E-state index in [9.17, 15) is 18.0 Å². The lowest BCUT2D eigenvalue weighted by Gasteiger charge is -2.10. The number of methoxy groups -OCH3 is 1. The Labute approximate surface area is 90.2 Å². The second-order valence-corrected chi connectivity index (χ2v) is 3.04. The minimum Gasteiger partial charge on any atom is -0.494 e. The highest BCUT2D eigenvalue weighted by atomic mass is 19.4. The second-order valence-electron chi connectivity index (χ2n) is 3.04. The molecule has 1 aromatic rings. The van der Waals surface area contributed by atoms with E-state index < -0.39 is 17.7 Å².